The first-order valence-corrected chi connectivity index (χ1v) is 5.18. The third-order valence-electron chi connectivity index (χ3n) is 2.96. The molecule has 0 spiro atoms. The summed E-state index contributed by atoms with van der Waals surface area (Å²) in [7, 11) is 0. The molecule has 14 heavy (non-hydrogen) atoms. The van der Waals surface area contributed by atoms with Crippen LogP contribution in [0, 0.1) is 6.57 Å². The molecule has 1 aliphatic rings. The lowest BCUT2D eigenvalue weighted by molar-refractivity contribution is 0.274. The van der Waals surface area contributed by atoms with Gasteiger partial charge in [-0.15, -0.1) is 0 Å². The van der Waals surface area contributed by atoms with Crippen LogP contribution in [0.3, 0.4) is 0 Å². The van der Waals surface area contributed by atoms with E-state index in [1.807, 2.05) is 6.92 Å². The van der Waals surface area contributed by atoms with E-state index in [1.165, 1.54) is 6.42 Å². The summed E-state index contributed by atoms with van der Waals surface area (Å²) in [4.78, 5) is 17.8. The molecule has 0 aliphatic heterocycles. The molecule has 1 rings (SSSR count). The van der Waals surface area contributed by atoms with E-state index in [1.54, 1.807) is 6.08 Å². The van der Waals surface area contributed by atoms with Gasteiger partial charge in [0.15, 0.2) is 0 Å². The van der Waals surface area contributed by atoms with Crippen LogP contribution in [0.15, 0.2) is 4.99 Å². The number of hydrogen-bond acceptors (Lipinski definition) is 2. The van der Waals surface area contributed by atoms with Crippen molar-refractivity contribution < 1.29 is 4.79 Å². The third kappa shape index (κ3) is 2.68. The second-order valence-electron chi connectivity index (χ2n) is 4.17. The van der Waals surface area contributed by atoms with Crippen molar-refractivity contribution in [2.24, 2.45) is 4.99 Å². The Morgan fingerprint density at radius 3 is 2.64 bits per heavy atom. The molecule has 0 heterocycles. The highest BCUT2D eigenvalue weighted by atomic mass is 16.1. The molecule has 1 aliphatic carbocycles. The summed E-state index contributed by atoms with van der Waals surface area (Å²) in [6, 6.07) is -0.0369. The van der Waals surface area contributed by atoms with Crippen LogP contribution in [-0.2, 0) is 4.79 Å². The Morgan fingerprint density at radius 2 is 2.14 bits per heavy atom. The van der Waals surface area contributed by atoms with Crippen LogP contribution in [-0.4, -0.2) is 17.7 Å². The van der Waals surface area contributed by atoms with Crippen LogP contribution in [0.4, 0.5) is 0 Å². The van der Waals surface area contributed by atoms with Gasteiger partial charge in [-0.2, -0.15) is 4.99 Å². The summed E-state index contributed by atoms with van der Waals surface area (Å²) in [5.74, 6) is 0. The van der Waals surface area contributed by atoms with Gasteiger partial charge in [0.1, 0.15) is 0 Å². The Morgan fingerprint density at radius 1 is 1.50 bits per heavy atom. The second kappa shape index (κ2) is 4.93. The zero-order valence-electron chi connectivity index (χ0n) is 8.62. The van der Waals surface area contributed by atoms with Gasteiger partial charge in [-0.3, -0.25) is 0 Å². The monoisotopic (exact) mass is 192 g/mol. The Labute approximate surface area is 85.0 Å². The number of aliphatic imine (C=N–C) groups is 1. The van der Waals surface area contributed by atoms with Crippen LogP contribution in [0.5, 0.6) is 0 Å². The first kappa shape index (κ1) is 10.9. The first-order valence-electron chi connectivity index (χ1n) is 5.18. The molecule has 0 aromatic heterocycles. The SMILES string of the molecule is [C-]#[N+]C(C)CC1(N=C=O)CCCCC1. The highest BCUT2D eigenvalue weighted by Crippen LogP contribution is 2.35. The zero-order chi connectivity index (χ0) is 10.4. The molecule has 1 fully saturated rings. The van der Waals surface area contributed by atoms with E-state index < -0.39 is 0 Å². The predicted molar refractivity (Wildman–Crippen MR) is 54.6 cm³/mol. The fourth-order valence-electron chi connectivity index (χ4n) is 2.26. The van der Waals surface area contributed by atoms with Crippen LogP contribution in [0.1, 0.15) is 45.4 Å². The molecule has 0 aromatic carbocycles. The van der Waals surface area contributed by atoms with Gasteiger partial charge in [0.2, 0.25) is 12.1 Å². The van der Waals surface area contributed by atoms with Crippen LogP contribution >= 0.6 is 0 Å². The van der Waals surface area contributed by atoms with Gasteiger partial charge in [0.25, 0.3) is 0 Å². The largest absolute Gasteiger partial charge is 0.314 e. The molecule has 0 radical (unpaired) electrons. The molecule has 1 atom stereocenters. The maximum atomic E-state index is 10.4. The van der Waals surface area contributed by atoms with Crippen LogP contribution < -0.4 is 0 Å². The Bertz CT molecular complexity index is 268. The molecule has 0 N–H and O–H groups in total. The highest BCUT2D eigenvalue weighted by Gasteiger charge is 2.35. The molecular weight excluding hydrogens is 176 g/mol. The Hall–Kier alpha value is -1.13. The number of carbonyl (C=O) groups excluding carboxylic acids is 1. The minimum Gasteiger partial charge on any atom is -0.314 e. The van der Waals surface area contributed by atoms with E-state index in [-0.39, 0.29) is 11.6 Å². The quantitative estimate of drug-likeness (QED) is 0.384. The van der Waals surface area contributed by atoms with Crippen molar-refractivity contribution in [2.75, 3.05) is 0 Å². The van der Waals surface area contributed by atoms with Gasteiger partial charge in [0, 0.05) is 13.3 Å². The molecule has 0 aromatic rings. The smallest absolute Gasteiger partial charge is 0.235 e. The molecule has 0 saturated heterocycles. The van der Waals surface area contributed by atoms with E-state index in [9.17, 15) is 4.79 Å². The lowest BCUT2D eigenvalue weighted by Crippen LogP contribution is -2.32. The standard InChI is InChI=1S/C11H16N2O/c1-10(12-2)8-11(13-9-14)6-4-3-5-7-11/h10H,3-8H2,1H3. The van der Waals surface area contributed by atoms with Crippen LogP contribution in [0.25, 0.3) is 4.85 Å². The number of isocyanates is 1. The first-order chi connectivity index (χ1) is 6.72. The molecule has 0 bridgehead atoms. The molecule has 0 amide bonds. The Kier molecular flexibility index (Phi) is 3.85. The maximum absolute atomic E-state index is 10.4. The minimum atomic E-state index is -0.260. The lowest BCUT2D eigenvalue weighted by atomic mass is 9.78. The molecule has 1 saturated carbocycles. The Balaban J connectivity index is 2.70. The third-order valence-corrected chi connectivity index (χ3v) is 2.96. The van der Waals surface area contributed by atoms with Crippen molar-refractivity contribution in [2.45, 2.75) is 57.0 Å². The summed E-state index contributed by atoms with van der Waals surface area (Å²) in [5.41, 5.74) is -0.260. The summed E-state index contributed by atoms with van der Waals surface area (Å²) in [6.07, 6.45) is 7.75. The summed E-state index contributed by atoms with van der Waals surface area (Å²) in [5, 5.41) is 0. The van der Waals surface area contributed by atoms with Crippen molar-refractivity contribution in [3.8, 4) is 0 Å². The van der Waals surface area contributed by atoms with Gasteiger partial charge in [-0.25, -0.2) is 11.4 Å². The van der Waals surface area contributed by atoms with E-state index in [0.717, 1.165) is 25.7 Å². The van der Waals surface area contributed by atoms with Crippen molar-refractivity contribution in [1.82, 2.24) is 0 Å². The van der Waals surface area contributed by atoms with E-state index in [2.05, 4.69) is 9.84 Å². The molecule has 3 nitrogen and oxygen atoms in total. The van der Waals surface area contributed by atoms with Crippen molar-refractivity contribution in [1.29, 1.82) is 0 Å². The van der Waals surface area contributed by atoms with Gasteiger partial charge in [0.05, 0.1) is 5.54 Å². The zero-order valence-corrected chi connectivity index (χ0v) is 8.62. The summed E-state index contributed by atoms with van der Waals surface area (Å²) in [6.45, 7) is 8.82. The predicted octanol–water partition coefficient (Wildman–Crippen LogP) is 2.72. The number of rotatable bonds is 3. The number of nitrogens with zero attached hydrogens (tertiary/aromatic N) is 2. The maximum Gasteiger partial charge on any atom is 0.235 e. The summed E-state index contributed by atoms with van der Waals surface area (Å²) >= 11 is 0. The molecule has 76 valence electrons. The van der Waals surface area contributed by atoms with Crippen molar-refractivity contribution >= 4 is 6.08 Å². The molecule has 3 heteroatoms. The van der Waals surface area contributed by atoms with E-state index in [4.69, 9.17) is 6.57 Å². The van der Waals surface area contributed by atoms with Gasteiger partial charge >= 0.3 is 0 Å². The van der Waals surface area contributed by atoms with Crippen molar-refractivity contribution in [3.05, 3.63) is 11.4 Å². The topological polar surface area (TPSA) is 33.8 Å². The van der Waals surface area contributed by atoms with Gasteiger partial charge in [-0.1, -0.05) is 19.3 Å². The molecule has 1 unspecified atom stereocenters. The summed E-state index contributed by atoms with van der Waals surface area (Å²) < 4.78 is 0. The average molecular weight is 192 g/mol. The normalized spacial score (nSPS) is 21.7. The average Bonchev–Trinajstić information content (AvgIpc) is 2.19. The van der Waals surface area contributed by atoms with Gasteiger partial charge in [-0.05, 0) is 12.8 Å². The van der Waals surface area contributed by atoms with Crippen molar-refractivity contribution in [3.63, 3.8) is 0 Å². The fraction of sp³-hybridized carbons (Fsp3) is 0.818. The fourth-order valence-corrected chi connectivity index (χ4v) is 2.26. The van der Waals surface area contributed by atoms with Gasteiger partial charge < -0.3 is 4.85 Å². The highest BCUT2D eigenvalue weighted by molar-refractivity contribution is 5.35. The van der Waals surface area contributed by atoms with Crippen LogP contribution in [0.2, 0.25) is 0 Å². The lowest BCUT2D eigenvalue weighted by Gasteiger charge is -2.31. The molecular formula is C11H16N2O. The van der Waals surface area contributed by atoms with E-state index >= 15 is 0 Å². The minimum absolute atomic E-state index is 0.0369. The second-order valence-corrected chi connectivity index (χ2v) is 4.17. The number of hydrogen-bond donors (Lipinski definition) is 0. The van der Waals surface area contributed by atoms with E-state index in [0.29, 0.717) is 6.42 Å².